The highest BCUT2D eigenvalue weighted by Gasteiger charge is 2.74. The first-order valence-electron chi connectivity index (χ1n) is 12.2. The lowest BCUT2D eigenvalue weighted by Crippen LogP contribution is -2.55. The smallest absolute Gasteiger partial charge is 0.338 e. The number of rotatable bonds is 5. The van der Waals surface area contributed by atoms with Gasteiger partial charge in [0, 0.05) is 18.0 Å². The molecule has 6 rings (SSSR count). The molecule has 5 unspecified atom stereocenters. The highest BCUT2D eigenvalue weighted by molar-refractivity contribution is 6.01. The largest absolute Gasteiger partial charge is 0.467 e. The second-order valence-corrected chi connectivity index (χ2v) is 9.77. The maximum absolute atomic E-state index is 14.0. The molecule has 9 heteroatoms. The minimum atomic E-state index is -1.06. The number of hydrogen-bond donors (Lipinski definition) is 1. The number of benzene rings is 1. The Morgan fingerprint density at radius 1 is 1.22 bits per heavy atom. The molecule has 1 N–H and O–H groups in total. The summed E-state index contributed by atoms with van der Waals surface area (Å²) in [7, 11) is 0. The lowest BCUT2D eigenvalue weighted by atomic mass is 9.70. The maximum Gasteiger partial charge on any atom is 0.338 e. The van der Waals surface area contributed by atoms with Gasteiger partial charge in [0.05, 0.1) is 48.5 Å². The van der Waals surface area contributed by atoms with E-state index in [4.69, 9.17) is 13.9 Å². The molecule has 1 spiro atoms. The number of esters is 1. The molecular weight excluding hydrogens is 464 g/mol. The number of carbonyl (C=O) groups excluding carboxylic acids is 4. The summed E-state index contributed by atoms with van der Waals surface area (Å²) in [4.78, 5) is 54.4. The third kappa shape index (κ3) is 3.12. The van der Waals surface area contributed by atoms with E-state index >= 15 is 0 Å². The first-order chi connectivity index (χ1) is 17.4. The van der Waals surface area contributed by atoms with Gasteiger partial charge in [-0.2, -0.15) is 0 Å². The highest BCUT2D eigenvalue weighted by atomic mass is 16.5. The molecule has 1 aromatic heterocycles. The third-order valence-electron chi connectivity index (χ3n) is 7.90. The number of furan rings is 1. The average Bonchev–Trinajstić information content (AvgIpc) is 3.64. The van der Waals surface area contributed by atoms with Gasteiger partial charge in [0.15, 0.2) is 0 Å². The van der Waals surface area contributed by atoms with Crippen molar-refractivity contribution in [2.75, 3.05) is 11.9 Å². The van der Waals surface area contributed by atoms with E-state index in [1.54, 1.807) is 48.2 Å². The van der Waals surface area contributed by atoms with Crippen LogP contribution in [0.15, 0.2) is 59.2 Å². The maximum atomic E-state index is 14.0. The normalized spacial score (nSPS) is 34.0. The number of nitrogens with zero attached hydrogens (tertiary/aromatic N) is 1. The number of Topliss-reactive ketones (excluding diaryl/α,β-unsaturated/α-hetero) is 1. The molecule has 3 saturated heterocycles. The Labute approximate surface area is 207 Å². The minimum absolute atomic E-state index is 0.0320. The zero-order valence-corrected chi connectivity index (χ0v) is 19.9. The van der Waals surface area contributed by atoms with E-state index in [-0.39, 0.29) is 30.6 Å². The van der Waals surface area contributed by atoms with Gasteiger partial charge in [-0.05, 0) is 37.3 Å². The monoisotopic (exact) mass is 490 g/mol. The van der Waals surface area contributed by atoms with E-state index in [0.29, 0.717) is 17.0 Å². The van der Waals surface area contributed by atoms with Crippen LogP contribution in [0.2, 0.25) is 0 Å². The zero-order valence-electron chi connectivity index (χ0n) is 19.9. The average molecular weight is 491 g/mol. The number of anilines is 1. The van der Waals surface area contributed by atoms with Crippen molar-refractivity contribution in [3.63, 3.8) is 0 Å². The van der Waals surface area contributed by atoms with Crippen molar-refractivity contribution in [2.45, 2.75) is 44.1 Å². The summed E-state index contributed by atoms with van der Waals surface area (Å²) in [6.45, 7) is 3.78. The Bertz CT molecular complexity index is 1280. The first kappa shape index (κ1) is 22.7. The standard InChI is InChI=1S/C27H26N2O7/c1-3-34-26(33)15-6-4-7-16(12-15)28-24(31)21-20-9-10-27(36-20)22(21)25(32)29-17(19-8-5-11-35-19)13-18(30)14(2)23(27)29/h4-12,14,17,20-23H,3,13H2,1-2H3,(H,28,31)/t14?,17?,20-,21?,22?,23?,27+/m0/s1. The number of hydrogen-bond acceptors (Lipinski definition) is 7. The molecule has 5 heterocycles. The fraction of sp³-hybridized carbons (Fsp3) is 0.407. The molecule has 36 heavy (non-hydrogen) atoms. The van der Waals surface area contributed by atoms with E-state index in [1.807, 2.05) is 19.1 Å². The van der Waals surface area contributed by atoms with Crippen molar-refractivity contribution < 1.29 is 33.1 Å². The van der Waals surface area contributed by atoms with Crippen LogP contribution in [0.5, 0.6) is 0 Å². The Kier molecular flexibility index (Phi) is 5.15. The van der Waals surface area contributed by atoms with Gasteiger partial charge in [0.2, 0.25) is 11.8 Å². The van der Waals surface area contributed by atoms with Crippen LogP contribution < -0.4 is 5.32 Å². The molecule has 186 valence electrons. The number of carbonyl (C=O) groups is 4. The molecule has 2 aromatic rings. The van der Waals surface area contributed by atoms with E-state index in [9.17, 15) is 19.2 Å². The molecule has 0 saturated carbocycles. The van der Waals surface area contributed by atoms with Gasteiger partial charge in [0.25, 0.3) is 0 Å². The second-order valence-electron chi connectivity index (χ2n) is 9.77. The van der Waals surface area contributed by atoms with Crippen LogP contribution in [0.25, 0.3) is 0 Å². The number of nitrogens with one attached hydrogen (secondary N) is 1. The van der Waals surface area contributed by atoms with Gasteiger partial charge >= 0.3 is 5.97 Å². The van der Waals surface area contributed by atoms with Gasteiger partial charge in [-0.3, -0.25) is 14.4 Å². The van der Waals surface area contributed by atoms with Gasteiger partial charge in [-0.25, -0.2) is 4.79 Å². The number of piperidine rings is 1. The molecule has 4 aliphatic heterocycles. The van der Waals surface area contributed by atoms with E-state index in [0.717, 1.165) is 0 Å². The predicted octanol–water partition coefficient (Wildman–Crippen LogP) is 2.90. The van der Waals surface area contributed by atoms with Gasteiger partial charge in [0.1, 0.15) is 17.1 Å². The molecule has 0 radical (unpaired) electrons. The number of ether oxygens (including phenoxy) is 2. The summed E-state index contributed by atoms with van der Waals surface area (Å²) in [6.07, 6.45) is 4.78. The topological polar surface area (TPSA) is 115 Å². The third-order valence-corrected chi connectivity index (χ3v) is 7.90. The van der Waals surface area contributed by atoms with Gasteiger partial charge in [-0.1, -0.05) is 25.1 Å². The second kappa shape index (κ2) is 8.16. The fourth-order valence-corrected chi connectivity index (χ4v) is 6.43. The molecule has 2 bridgehead atoms. The van der Waals surface area contributed by atoms with E-state index in [2.05, 4.69) is 5.32 Å². The van der Waals surface area contributed by atoms with Gasteiger partial charge < -0.3 is 24.1 Å². The number of fused-ring (bicyclic) bond motifs is 2. The molecule has 7 atom stereocenters. The molecule has 3 fully saturated rings. The summed E-state index contributed by atoms with van der Waals surface area (Å²) in [6, 6.07) is 8.91. The Morgan fingerprint density at radius 2 is 2.06 bits per heavy atom. The lowest BCUT2D eigenvalue weighted by Gasteiger charge is -2.43. The van der Waals surface area contributed by atoms with Crippen LogP contribution in [0, 0.1) is 17.8 Å². The summed E-state index contributed by atoms with van der Waals surface area (Å²) < 4.78 is 17.0. The molecule has 9 nitrogen and oxygen atoms in total. The Balaban J connectivity index is 1.32. The van der Waals surface area contributed by atoms with Crippen LogP contribution in [0.3, 0.4) is 0 Å². The van der Waals surface area contributed by atoms with Crippen molar-refractivity contribution in [1.82, 2.24) is 4.90 Å². The SMILES string of the molecule is CCOC(=O)c1cccc(NC(=O)C2C3C(=O)N4C(c5ccco5)CC(=O)C(C)C4[C@@]34C=C[C@@H]2O4)c1. The summed E-state index contributed by atoms with van der Waals surface area (Å²) in [5.41, 5.74) is -0.318. The number of ketones is 1. The summed E-state index contributed by atoms with van der Waals surface area (Å²) in [5, 5.41) is 2.86. The van der Waals surface area contributed by atoms with E-state index < -0.39 is 47.5 Å². The van der Waals surface area contributed by atoms with Crippen LogP contribution in [-0.2, 0) is 23.9 Å². The lowest BCUT2D eigenvalue weighted by molar-refractivity contribution is -0.147. The van der Waals surface area contributed by atoms with Gasteiger partial charge in [-0.15, -0.1) is 0 Å². The molecule has 4 aliphatic rings. The summed E-state index contributed by atoms with van der Waals surface area (Å²) >= 11 is 0. The fourth-order valence-electron chi connectivity index (χ4n) is 6.43. The minimum Gasteiger partial charge on any atom is -0.467 e. The van der Waals surface area contributed by atoms with Crippen LogP contribution in [0.1, 0.15) is 42.4 Å². The van der Waals surface area contributed by atoms with Crippen molar-refractivity contribution in [3.8, 4) is 0 Å². The molecule has 0 aliphatic carbocycles. The predicted molar refractivity (Wildman–Crippen MR) is 126 cm³/mol. The molecule has 1 aromatic carbocycles. The summed E-state index contributed by atoms with van der Waals surface area (Å²) in [5.74, 6) is -2.49. The van der Waals surface area contributed by atoms with Crippen molar-refractivity contribution in [2.24, 2.45) is 17.8 Å². The van der Waals surface area contributed by atoms with Crippen molar-refractivity contribution >= 4 is 29.3 Å². The quantitative estimate of drug-likeness (QED) is 0.506. The van der Waals surface area contributed by atoms with Crippen LogP contribution >= 0.6 is 0 Å². The molecular formula is C27H26N2O7. The Morgan fingerprint density at radius 3 is 2.81 bits per heavy atom. The van der Waals surface area contributed by atoms with Crippen LogP contribution in [0.4, 0.5) is 5.69 Å². The zero-order chi connectivity index (χ0) is 25.2. The van der Waals surface area contributed by atoms with Crippen molar-refractivity contribution in [1.29, 1.82) is 0 Å². The first-order valence-corrected chi connectivity index (χ1v) is 12.2. The highest BCUT2D eigenvalue weighted by Crippen LogP contribution is 2.60. The van der Waals surface area contributed by atoms with E-state index in [1.165, 1.54) is 6.26 Å². The number of amides is 2. The molecule has 2 amide bonds. The van der Waals surface area contributed by atoms with Crippen molar-refractivity contribution in [3.05, 3.63) is 66.1 Å². The Hall–Kier alpha value is -3.72. The van der Waals surface area contributed by atoms with Crippen LogP contribution in [-0.4, -0.2) is 52.8 Å².